The van der Waals surface area contributed by atoms with Gasteiger partial charge in [0.15, 0.2) is 0 Å². The molecule has 4 rings (SSSR count). The summed E-state index contributed by atoms with van der Waals surface area (Å²) in [5, 5.41) is 4.50. The summed E-state index contributed by atoms with van der Waals surface area (Å²) < 4.78 is 40.8. The number of aromatic nitrogens is 1. The number of hydrogen-bond donors (Lipinski definition) is 1. The Hall–Kier alpha value is -3.65. The van der Waals surface area contributed by atoms with Gasteiger partial charge in [0.25, 0.3) is 5.91 Å². The van der Waals surface area contributed by atoms with Crippen molar-refractivity contribution in [2.75, 3.05) is 6.54 Å². The van der Waals surface area contributed by atoms with Crippen LogP contribution in [0.1, 0.15) is 34.3 Å². The molecule has 3 aromatic carbocycles. The molecule has 0 fully saturated rings. The molecule has 0 spiro atoms. The molecule has 1 N–H and O–H groups in total. The van der Waals surface area contributed by atoms with Gasteiger partial charge in [0.1, 0.15) is 0 Å². The fraction of sp³-hybridized carbons (Fsp3) is 0.185. The zero-order valence-corrected chi connectivity index (χ0v) is 19.5. The minimum absolute atomic E-state index is 0.120. The summed E-state index contributed by atoms with van der Waals surface area (Å²) in [5.41, 5.74) is 1.96. The van der Waals surface area contributed by atoms with Gasteiger partial charge in [0.05, 0.1) is 16.9 Å². The van der Waals surface area contributed by atoms with E-state index in [0.29, 0.717) is 23.4 Å². The highest BCUT2D eigenvalue weighted by atomic mass is 32.1. The van der Waals surface area contributed by atoms with E-state index in [2.05, 4.69) is 17.4 Å². The SMILES string of the molecule is O=C(NCCCCc1ccccc1)c1cccc(-c2csc(=O)n2-c2cccc(C(F)(F)F)c2)c1. The van der Waals surface area contributed by atoms with E-state index in [1.807, 2.05) is 18.2 Å². The second-order valence-electron chi connectivity index (χ2n) is 8.05. The first kappa shape index (κ1) is 24.5. The lowest BCUT2D eigenvalue weighted by atomic mass is 10.1. The van der Waals surface area contributed by atoms with Crippen LogP contribution in [0.5, 0.6) is 0 Å². The zero-order valence-electron chi connectivity index (χ0n) is 18.7. The Bertz CT molecular complexity index is 1360. The van der Waals surface area contributed by atoms with Crippen LogP contribution in [0, 0.1) is 0 Å². The van der Waals surface area contributed by atoms with Gasteiger partial charge in [-0.3, -0.25) is 14.2 Å². The highest BCUT2D eigenvalue weighted by molar-refractivity contribution is 7.07. The van der Waals surface area contributed by atoms with Gasteiger partial charge in [-0.2, -0.15) is 13.2 Å². The maximum absolute atomic E-state index is 13.2. The van der Waals surface area contributed by atoms with Gasteiger partial charge in [0.2, 0.25) is 0 Å². The van der Waals surface area contributed by atoms with E-state index < -0.39 is 16.6 Å². The van der Waals surface area contributed by atoms with Gasteiger partial charge < -0.3 is 5.32 Å². The highest BCUT2D eigenvalue weighted by Gasteiger charge is 2.30. The van der Waals surface area contributed by atoms with E-state index in [9.17, 15) is 22.8 Å². The molecule has 0 aliphatic carbocycles. The maximum atomic E-state index is 13.2. The maximum Gasteiger partial charge on any atom is 0.416 e. The topological polar surface area (TPSA) is 51.1 Å². The molecule has 4 nitrogen and oxygen atoms in total. The van der Waals surface area contributed by atoms with E-state index in [1.54, 1.807) is 29.6 Å². The number of nitrogens with one attached hydrogen (secondary N) is 1. The zero-order chi connectivity index (χ0) is 24.8. The van der Waals surface area contributed by atoms with Crippen LogP contribution < -0.4 is 10.2 Å². The Balaban J connectivity index is 1.47. The molecule has 0 bridgehead atoms. The Kier molecular flexibility index (Phi) is 7.51. The summed E-state index contributed by atoms with van der Waals surface area (Å²) in [6.07, 6.45) is -1.80. The van der Waals surface area contributed by atoms with E-state index in [1.165, 1.54) is 22.3 Å². The van der Waals surface area contributed by atoms with Crippen molar-refractivity contribution in [1.82, 2.24) is 9.88 Å². The van der Waals surface area contributed by atoms with Crippen molar-refractivity contribution < 1.29 is 18.0 Å². The van der Waals surface area contributed by atoms with Crippen LogP contribution in [0.2, 0.25) is 0 Å². The number of halogens is 3. The van der Waals surface area contributed by atoms with Crippen LogP contribution >= 0.6 is 11.3 Å². The van der Waals surface area contributed by atoms with Gasteiger partial charge in [-0.15, -0.1) is 0 Å². The molecule has 0 saturated carbocycles. The number of carbonyl (C=O) groups is 1. The molecular formula is C27H23F3N2O2S. The minimum atomic E-state index is -4.52. The standard InChI is InChI=1S/C27H23F3N2O2S/c28-27(29,30)22-13-7-14-23(17-22)32-24(18-35-26(32)34)20-11-6-12-21(16-20)25(33)31-15-5-4-10-19-8-2-1-3-9-19/h1-3,6-9,11-14,16-18H,4-5,10,15H2,(H,31,33). The third-order valence-electron chi connectivity index (χ3n) is 5.57. The molecule has 35 heavy (non-hydrogen) atoms. The lowest BCUT2D eigenvalue weighted by Crippen LogP contribution is -2.24. The minimum Gasteiger partial charge on any atom is -0.352 e. The summed E-state index contributed by atoms with van der Waals surface area (Å²) >= 11 is 0.891. The quantitative estimate of drug-likeness (QED) is 0.290. The number of carbonyl (C=O) groups excluding carboxylic acids is 1. The monoisotopic (exact) mass is 496 g/mol. The number of rotatable bonds is 8. The van der Waals surface area contributed by atoms with Crippen molar-refractivity contribution in [1.29, 1.82) is 0 Å². The van der Waals surface area contributed by atoms with Crippen LogP contribution in [0.3, 0.4) is 0 Å². The number of aryl methyl sites for hydroxylation is 1. The van der Waals surface area contributed by atoms with E-state index in [-0.39, 0.29) is 11.6 Å². The summed E-state index contributed by atoms with van der Waals surface area (Å²) in [6, 6.07) is 21.5. The summed E-state index contributed by atoms with van der Waals surface area (Å²) in [6.45, 7) is 0.531. The van der Waals surface area contributed by atoms with E-state index in [0.717, 1.165) is 42.7 Å². The van der Waals surface area contributed by atoms with Crippen molar-refractivity contribution in [3.05, 3.63) is 111 Å². The van der Waals surface area contributed by atoms with E-state index >= 15 is 0 Å². The number of thiazole rings is 1. The Morgan fingerprint density at radius 3 is 2.46 bits per heavy atom. The molecule has 1 aromatic heterocycles. The second-order valence-corrected chi connectivity index (χ2v) is 8.87. The number of alkyl halides is 3. The molecule has 0 radical (unpaired) electrons. The second kappa shape index (κ2) is 10.7. The first-order chi connectivity index (χ1) is 16.8. The fourth-order valence-corrected chi connectivity index (χ4v) is 4.56. The molecule has 0 aliphatic heterocycles. The molecule has 8 heteroatoms. The normalized spacial score (nSPS) is 11.4. The highest BCUT2D eigenvalue weighted by Crippen LogP contribution is 2.31. The van der Waals surface area contributed by atoms with Crippen LogP contribution in [0.4, 0.5) is 13.2 Å². The number of amides is 1. The number of unbranched alkanes of at least 4 members (excludes halogenated alkanes) is 1. The van der Waals surface area contributed by atoms with Gasteiger partial charge in [-0.25, -0.2) is 0 Å². The molecule has 1 amide bonds. The smallest absolute Gasteiger partial charge is 0.352 e. The van der Waals surface area contributed by atoms with Crippen LogP contribution in [0.25, 0.3) is 16.9 Å². The number of nitrogens with zero attached hydrogens (tertiary/aromatic N) is 1. The Labute approximate surface area is 204 Å². The van der Waals surface area contributed by atoms with Crippen LogP contribution in [0.15, 0.2) is 89.0 Å². The molecule has 0 unspecified atom stereocenters. The largest absolute Gasteiger partial charge is 0.416 e. The van der Waals surface area contributed by atoms with Crippen molar-refractivity contribution in [3.63, 3.8) is 0 Å². The number of benzene rings is 3. The van der Waals surface area contributed by atoms with Gasteiger partial charge in [-0.05, 0) is 55.2 Å². The predicted octanol–water partition coefficient (Wildman–Crippen LogP) is 6.34. The molecular weight excluding hydrogens is 473 g/mol. The van der Waals surface area contributed by atoms with Crippen LogP contribution in [-0.4, -0.2) is 17.0 Å². The predicted molar refractivity (Wildman–Crippen MR) is 132 cm³/mol. The molecule has 0 atom stereocenters. The lowest BCUT2D eigenvalue weighted by Gasteiger charge is -2.12. The molecule has 0 aliphatic rings. The van der Waals surface area contributed by atoms with Crippen molar-refractivity contribution in [2.45, 2.75) is 25.4 Å². The number of hydrogen-bond acceptors (Lipinski definition) is 3. The van der Waals surface area contributed by atoms with Crippen molar-refractivity contribution >= 4 is 17.2 Å². The molecule has 1 heterocycles. The summed E-state index contributed by atoms with van der Waals surface area (Å²) in [4.78, 5) is 24.8. The third-order valence-corrected chi connectivity index (χ3v) is 6.29. The van der Waals surface area contributed by atoms with Gasteiger partial charge in [-0.1, -0.05) is 59.9 Å². The average Bonchev–Trinajstić information content (AvgIpc) is 3.25. The molecule has 4 aromatic rings. The fourth-order valence-electron chi connectivity index (χ4n) is 3.80. The average molecular weight is 497 g/mol. The summed E-state index contributed by atoms with van der Waals surface area (Å²) in [5.74, 6) is -0.241. The van der Waals surface area contributed by atoms with E-state index in [4.69, 9.17) is 0 Å². The van der Waals surface area contributed by atoms with Gasteiger partial charge >= 0.3 is 11.0 Å². The first-order valence-corrected chi connectivity index (χ1v) is 12.0. The van der Waals surface area contributed by atoms with Crippen molar-refractivity contribution in [3.8, 4) is 16.9 Å². The molecule has 180 valence electrons. The molecule has 0 saturated heterocycles. The van der Waals surface area contributed by atoms with Gasteiger partial charge in [0, 0.05) is 23.1 Å². The van der Waals surface area contributed by atoms with Crippen LogP contribution in [-0.2, 0) is 12.6 Å². The Morgan fingerprint density at radius 1 is 0.914 bits per heavy atom. The lowest BCUT2D eigenvalue weighted by molar-refractivity contribution is -0.137. The summed E-state index contributed by atoms with van der Waals surface area (Å²) in [7, 11) is 0. The first-order valence-electron chi connectivity index (χ1n) is 11.1. The Morgan fingerprint density at radius 2 is 1.69 bits per heavy atom. The third kappa shape index (κ3) is 6.08. The van der Waals surface area contributed by atoms with Crippen molar-refractivity contribution in [2.24, 2.45) is 0 Å².